The molecule has 0 spiro atoms. The van der Waals surface area contributed by atoms with Crippen LogP contribution >= 0.6 is 0 Å². The Morgan fingerprint density at radius 1 is 1.20 bits per heavy atom. The molecule has 1 aliphatic rings. The predicted molar refractivity (Wildman–Crippen MR) is 76.3 cm³/mol. The van der Waals surface area contributed by atoms with Crippen molar-refractivity contribution in [2.24, 2.45) is 5.92 Å². The molecule has 4 heteroatoms. The minimum absolute atomic E-state index is 0.211. The van der Waals surface area contributed by atoms with E-state index in [9.17, 15) is 9.59 Å². The molecule has 2 rings (SSSR count). The molecule has 4 nitrogen and oxygen atoms in total. The van der Waals surface area contributed by atoms with Gasteiger partial charge in [0, 0.05) is 6.04 Å². The van der Waals surface area contributed by atoms with Gasteiger partial charge in [-0.1, -0.05) is 38.0 Å². The third kappa shape index (κ3) is 4.08. The van der Waals surface area contributed by atoms with E-state index in [0.29, 0.717) is 11.5 Å². The summed E-state index contributed by atoms with van der Waals surface area (Å²) in [5.74, 6) is -0.178. The molecule has 0 heterocycles. The highest BCUT2D eigenvalue weighted by Crippen LogP contribution is 2.23. The van der Waals surface area contributed by atoms with E-state index in [4.69, 9.17) is 4.74 Å². The zero-order valence-electron chi connectivity index (χ0n) is 11.8. The average Bonchev–Trinajstić information content (AvgIpc) is 2.48. The Morgan fingerprint density at radius 2 is 1.90 bits per heavy atom. The van der Waals surface area contributed by atoms with Gasteiger partial charge >= 0.3 is 5.97 Å². The lowest BCUT2D eigenvalue weighted by molar-refractivity contribution is -0.125. The molecule has 0 radical (unpaired) electrons. The molecule has 0 aliphatic heterocycles. The van der Waals surface area contributed by atoms with E-state index in [1.54, 1.807) is 24.3 Å². The van der Waals surface area contributed by atoms with Gasteiger partial charge in [-0.05, 0) is 30.9 Å². The van der Waals surface area contributed by atoms with Crippen molar-refractivity contribution in [3.8, 4) is 0 Å². The number of hydrogen-bond donors (Lipinski definition) is 1. The summed E-state index contributed by atoms with van der Waals surface area (Å²) < 4.78 is 5.02. The van der Waals surface area contributed by atoms with Crippen LogP contribution in [0.4, 0.5) is 0 Å². The average molecular weight is 275 g/mol. The second kappa shape index (κ2) is 7.08. The first-order chi connectivity index (χ1) is 9.66. The van der Waals surface area contributed by atoms with E-state index in [0.717, 1.165) is 19.3 Å². The third-order valence-corrected chi connectivity index (χ3v) is 3.80. The standard InChI is InChI=1S/C16H21NO3/c1-12-7-5-6-10-14(12)17-15(18)11-20-16(19)13-8-3-2-4-9-13/h2-4,8-9,12,14H,5-7,10-11H2,1H3,(H,17,18)/t12-,14-/m0/s1. The molecule has 1 aromatic rings. The molecule has 108 valence electrons. The van der Waals surface area contributed by atoms with Crippen molar-refractivity contribution in [2.75, 3.05) is 6.61 Å². The number of amides is 1. The van der Waals surface area contributed by atoms with E-state index < -0.39 is 5.97 Å². The highest BCUT2D eigenvalue weighted by Gasteiger charge is 2.23. The molecule has 2 atom stereocenters. The van der Waals surface area contributed by atoms with Gasteiger partial charge in [-0.25, -0.2) is 4.79 Å². The van der Waals surface area contributed by atoms with E-state index in [1.165, 1.54) is 6.42 Å². The van der Waals surface area contributed by atoms with Crippen LogP contribution in [0.3, 0.4) is 0 Å². The molecule has 1 amide bonds. The van der Waals surface area contributed by atoms with Crippen LogP contribution < -0.4 is 5.32 Å². The molecule has 0 aromatic heterocycles. The number of rotatable bonds is 4. The normalized spacial score (nSPS) is 22.1. The maximum absolute atomic E-state index is 11.8. The molecule has 0 bridgehead atoms. The van der Waals surface area contributed by atoms with Crippen LogP contribution in [-0.4, -0.2) is 24.5 Å². The molecular weight excluding hydrogens is 254 g/mol. The number of benzene rings is 1. The Balaban J connectivity index is 1.76. The summed E-state index contributed by atoms with van der Waals surface area (Å²) in [6.45, 7) is 1.94. The molecule has 0 unspecified atom stereocenters. The quantitative estimate of drug-likeness (QED) is 0.859. The van der Waals surface area contributed by atoms with Crippen molar-refractivity contribution in [1.29, 1.82) is 0 Å². The van der Waals surface area contributed by atoms with E-state index in [2.05, 4.69) is 12.2 Å². The minimum atomic E-state index is -0.461. The molecule has 1 saturated carbocycles. The smallest absolute Gasteiger partial charge is 0.338 e. The van der Waals surface area contributed by atoms with Crippen LogP contribution in [0.5, 0.6) is 0 Å². The van der Waals surface area contributed by atoms with Crippen molar-refractivity contribution in [3.63, 3.8) is 0 Å². The maximum atomic E-state index is 11.8. The Labute approximate surface area is 119 Å². The van der Waals surface area contributed by atoms with Crippen LogP contribution in [0, 0.1) is 5.92 Å². The first-order valence-corrected chi connectivity index (χ1v) is 7.18. The van der Waals surface area contributed by atoms with Gasteiger partial charge in [0.15, 0.2) is 6.61 Å². The summed E-state index contributed by atoms with van der Waals surface area (Å²) >= 11 is 0. The van der Waals surface area contributed by atoms with Gasteiger partial charge in [0.25, 0.3) is 5.91 Å². The fraction of sp³-hybridized carbons (Fsp3) is 0.500. The molecule has 1 fully saturated rings. The van der Waals surface area contributed by atoms with Crippen LogP contribution in [0.2, 0.25) is 0 Å². The summed E-state index contributed by atoms with van der Waals surface area (Å²) in [5.41, 5.74) is 0.464. The monoisotopic (exact) mass is 275 g/mol. The fourth-order valence-corrected chi connectivity index (χ4v) is 2.57. The zero-order valence-corrected chi connectivity index (χ0v) is 11.8. The lowest BCUT2D eigenvalue weighted by atomic mass is 9.86. The second-order valence-corrected chi connectivity index (χ2v) is 5.38. The van der Waals surface area contributed by atoms with Crippen LogP contribution in [0.1, 0.15) is 43.0 Å². The van der Waals surface area contributed by atoms with Gasteiger partial charge in [-0.2, -0.15) is 0 Å². The van der Waals surface area contributed by atoms with Crippen LogP contribution in [0.15, 0.2) is 30.3 Å². The number of esters is 1. The first kappa shape index (κ1) is 14.6. The largest absolute Gasteiger partial charge is 0.452 e. The Bertz CT molecular complexity index is 458. The Morgan fingerprint density at radius 3 is 2.60 bits per heavy atom. The summed E-state index contributed by atoms with van der Waals surface area (Å²) in [5, 5.41) is 2.96. The van der Waals surface area contributed by atoms with Gasteiger partial charge in [-0.3, -0.25) is 4.79 Å². The van der Waals surface area contributed by atoms with Crippen molar-refractivity contribution in [3.05, 3.63) is 35.9 Å². The lowest BCUT2D eigenvalue weighted by Crippen LogP contribution is -2.42. The number of nitrogens with one attached hydrogen (secondary N) is 1. The zero-order chi connectivity index (χ0) is 14.4. The van der Waals surface area contributed by atoms with Crippen LogP contribution in [-0.2, 0) is 9.53 Å². The summed E-state index contributed by atoms with van der Waals surface area (Å²) in [4.78, 5) is 23.5. The molecule has 20 heavy (non-hydrogen) atoms. The summed E-state index contributed by atoms with van der Waals surface area (Å²) in [7, 11) is 0. The van der Waals surface area contributed by atoms with E-state index in [-0.39, 0.29) is 18.6 Å². The van der Waals surface area contributed by atoms with Crippen molar-refractivity contribution in [2.45, 2.75) is 38.6 Å². The Kier molecular flexibility index (Phi) is 5.16. The SMILES string of the molecule is C[C@H]1CCCC[C@@H]1NC(=O)COC(=O)c1ccccc1. The Hall–Kier alpha value is -1.84. The molecule has 1 aromatic carbocycles. The van der Waals surface area contributed by atoms with Crippen molar-refractivity contribution in [1.82, 2.24) is 5.32 Å². The fourth-order valence-electron chi connectivity index (χ4n) is 2.57. The van der Waals surface area contributed by atoms with Gasteiger partial charge in [0.2, 0.25) is 0 Å². The van der Waals surface area contributed by atoms with E-state index in [1.807, 2.05) is 6.07 Å². The number of hydrogen-bond acceptors (Lipinski definition) is 3. The topological polar surface area (TPSA) is 55.4 Å². The van der Waals surface area contributed by atoms with Gasteiger partial charge in [-0.15, -0.1) is 0 Å². The second-order valence-electron chi connectivity index (χ2n) is 5.38. The number of ether oxygens (including phenoxy) is 1. The predicted octanol–water partition coefficient (Wildman–Crippen LogP) is 2.54. The minimum Gasteiger partial charge on any atom is -0.452 e. The maximum Gasteiger partial charge on any atom is 0.338 e. The lowest BCUT2D eigenvalue weighted by Gasteiger charge is -2.29. The molecule has 1 N–H and O–H groups in total. The highest BCUT2D eigenvalue weighted by molar-refractivity contribution is 5.91. The number of carbonyl (C=O) groups excluding carboxylic acids is 2. The third-order valence-electron chi connectivity index (χ3n) is 3.80. The molecule has 1 aliphatic carbocycles. The molecule has 0 saturated heterocycles. The highest BCUT2D eigenvalue weighted by atomic mass is 16.5. The van der Waals surface area contributed by atoms with Crippen molar-refractivity contribution < 1.29 is 14.3 Å². The summed E-state index contributed by atoms with van der Waals surface area (Å²) in [6, 6.07) is 8.91. The van der Waals surface area contributed by atoms with Crippen LogP contribution in [0.25, 0.3) is 0 Å². The first-order valence-electron chi connectivity index (χ1n) is 7.18. The van der Waals surface area contributed by atoms with Gasteiger partial charge < -0.3 is 10.1 Å². The van der Waals surface area contributed by atoms with Gasteiger partial charge in [0.05, 0.1) is 5.56 Å². The van der Waals surface area contributed by atoms with Gasteiger partial charge in [0.1, 0.15) is 0 Å². The molecular formula is C16H21NO3. The van der Waals surface area contributed by atoms with E-state index >= 15 is 0 Å². The van der Waals surface area contributed by atoms with Crippen molar-refractivity contribution >= 4 is 11.9 Å². The summed E-state index contributed by atoms with van der Waals surface area (Å²) in [6.07, 6.45) is 4.55. The number of carbonyl (C=O) groups is 2.